The van der Waals surface area contributed by atoms with E-state index in [0.29, 0.717) is 6.42 Å². The van der Waals surface area contributed by atoms with Gasteiger partial charge in [-0.3, -0.25) is 14.9 Å². The van der Waals surface area contributed by atoms with Crippen LogP contribution in [0.2, 0.25) is 0 Å². The molecule has 0 aliphatic rings. The molecule has 0 heterocycles. The van der Waals surface area contributed by atoms with E-state index >= 15 is 0 Å². The van der Waals surface area contributed by atoms with E-state index in [9.17, 15) is 19.7 Å². The minimum atomic E-state index is -1.46. The Kier molecular flexibility index (Phi) is 13.0. The molecule has 0 radical (unpaired) electrons. The van der Waals surface area contributed by atoms with Gasteiger partial charge >= 0.3 is 18.0 Å². The molecule has 0 rings (SSSR count). The lowest BCUT2D eigenvalue weighted by molar-refractivity contribution is -0.511. The molecule has 0 aromatic carbocycles. The molecule has 0 aromatic rings. The average Bonchev–Trinajstić information content (AvgIpc) is 2.46. The molecular formula is C16H29NO6. The normalized spacial score (nSPS) is 12.0. The van der Waals surface area contributed by atoms with Crippen LogP contribution in [0.3, 0.4) is 0 Å². The first-order chi connectivity index (χ1) is 10.9. The molecule has 0 fully saturated rings. The number of carboxylic acids is 2. The minimum Gasteiger partial charge on any atom is -0.481 e. The number of rotatable bonds is 16. The van der Waals surface area contributed by atoms with Crippen molar-refractivity contribution in [1.82, 2.24) is 0 Å². The highest BCUT2D eigenvalue weighted by Gasteiger charge is 2.27. The van der Waals surface area contributed by atoms with Crippen molar-refractivity contribution in [2.75, 3.05) is 0 Å². The second kappa shape index (κ2) is 14.0. The van der Waals surface area contributed by atoms with Crippen LogP contribution in [0.15, 0.2) is 0 Å². The smallest absolute Gasteiger partial charge is 0.379 e. The molecule has 0 saturated carbocycles. The topological polar surface area (TPSA) is 118 Å². The minimum absolute atomic E-state index is 0.110. The molecule has 7 nitrogen and oxygen atoms in total. The first-order valence-corrected chi connectivity index (χ1v) is 8.53. The van der Waals surface area contributed by atoms with Crippen LogP contribution >= 0.6 is 0 Å². The molecule has 0 saturated heterocycles. The van der Waals surface area contributed by atoms with E-state index in [1.807, 2.05) is 0 Å². The standard InChI is InChI=1S/C16H29NO6/c18-15(19)13-11-9-7-5-3-1-2-4-6-8-10-12-14(16(20)21)17(22)23/h14H,1-13H2,(H,18,19)(H,20,21). The van der Waals surface area contributed by atoms with Crippen LogP contribution in [-0.2, 0) is 9.59 Å². The first-order valence-electron chi connectivity index (χ1n) is 8.53. The van der Waals surface area contributed by atoms with Crippen LogP contribution in [0.1, 0.15) is 83.5 Å². The van der Waals surface area contributed by atoms with Gasteiger partial charge in [0.15, 0.2) is 0 Å². The number of hydrogen-bond donors (Lipinski definition) is 2. The molecular weight excluding hydrogens is 302 g/mol. The van der Waals surface area contributed by atoms with E-state index in [1.54, 1.807) is 0 Å². The molecule has 0 bridgehead atoms. The fraction of sp³-hybridized carbons (Fsp3) is 0.875. The zero-order valence-corrected chi connectivity index (χ0v) is 13.7. The van der Waals surface area contributed by atoms with Crippen molar-refractivity contribution in [3.8, 4) is 0 Å². The molecule has 7 heteroatoms. The maximum Gasteiger partial charge on any atom is 0.379 e. The van der Waals surface area contributed by atoms with E-state index in [2.05, 4.69) is 0 Å². The third-order valence-corrected chi connectivity index (χ3v) is 3.91. The third-order valence-electron chi connectivity index (χ3n) is 3.91. The number of aliphatic carboxylic acids is 2. The lowest BCUT2D eigenvalue weighted by Gasteiger charge is -2.05. The zero-order valence-electron chi connectivity index (χ0n) is 13.7. The van der Waals surface area contributed by atoms with E-state index in [1.165, 1.54) is 0 Å². The van der Waals surface area contributed by atoms with Crippen molar-refractivity contribution >= 4 is 11.9 Å². The molecule has 1 unspecified atom stereocenters. The Bertz CT molecular complexity index is 344. The number of nitrogens with zero attached hydrogens (tertiary/aromatic N) is 1. The van der Waals surface area contributed by atoms with E-state index in [-0.39, 0.29) is 12.8 Å². The summed E-state index contributed by atoms with van der Waals surface area (Å²) in [5.41, 5.74) is 0. The molecule has 0 aromatic heterocycles. The van der Waals surface area contributed by atoms with Gasteiger partial charge in [-0.25, -0.2) is 4.79 Å². The summed E-state index contributed by atoms with van der Waals surface area (Å²) in [5.74, 6) is -2.07. The maximum atomic E-state index is 10.6. The number of nitro groups is 1. The summed E-state index contributed by atoms with van der Waals surface area (Å²) in [4.78, 5) is 30.7. The lowest BCUT2D eigenvalue weighted by Crippen LogP contribution is -2.28. The van der Waals surface area contributed by atoms with Crippen molar-refractivity contribution in [3.05, 3.63) is 10.1 Å². The molecule has 134 valence electrons. The zero-order chi connectivity index (χ0) is 17.5. The van der Waals surface area contributed by atoms with E-state index in [0.717, 1.165) is 64.2 Å². The highest BCUT2D eigenvalue weighted by Crippen LogP contribution is 2.13. The van der Waals surface area contributed by atoms with Crippen LogP contribution in [0.4, 0.5) is 0 Å². The van der Waals surface area contributed by atoms with Crippen LogP contribution in [0.25, 0.3) is 0 Å². The van der Waals surface area contributed by atoms with Gasteiger partial charge in [0, 0.05) is 17.8 Å². The Morgan fingerprint density at radius 1 is 0.783 bits per heavy atom. The highest BCUT2D eigenvalue weighted by molar-refractivity contribution is 5.71. The third kappa shape index (κ3) is 13.7. The van der Waals surface area contributed by atoms with Gasteiger partial charge in [-0.05, 0) is 12.8 Å². The van der Waals surface area contributed by atoms with Gasteiger partial charge in [-0.2, -0.15) is 0 Å². The maximum absolute atomic E-state index is 10.6. The number of hydrogen-bond acceptors (Lipinski definition) is 4. The van der Waals surface area contributed by atoms with Gasteiger partial charge in [-0.1, -0.05) is 57.8 Å². The largest absolute Gasteiger partial charge is 0.481 e. The molecule has 23 heavy (non-hydrogen) atoms. The van der Waals surface area contributed by atoms with Crippen LogP contribution < -0.4 is 0 Å². The van der Waals surface area contributed by atoms with E-state index < -0.39 is 22.9 Å². The Balaban J connectivity index is 3.29. The van der Waals surface area contributed by atoms with Crippen molar-refractivity contribution in [2.45, 2.75) is 89.5 Å². The SMILES string of the molecule is O=C(O)CCCCCCCCCCCCCC(C(=O)O)[N+](=O)[O-]. The fourth-order valence-electron chi connectivity index (χ4n) is 2.52. The van der Waals surface area contributed by atoms with Crippen LogP contribution in [-0.4, -0.2) is 33.1 Å². The summed E-state index contributed by atoms with van der Waals surface area (Å²) in [6.45, 7) is 0. The Labute approximate surface area is 137 Å². The van der Waals surface area contributed by atoms with Gasteiger partial charge in [0.2, 0.25) is 0 Å². The molecule has 0 aliphatic carbocycles. The second-order valence-corrected chi connectivity index (χ2v) is 5.96. The van der Waals surface area contributed by atoms with Crippen LogP contribution in [0, 0.1) is 10.1 Å². The second-order valence-electron chi connectivity index (χ2n) is 5.96. The predicted octanol–water partition coefficient (Wildman–Crippen LogP) is 3.87. The number of unbranched alkanes of at least 4 members (excludes halogenated alkanes) is 10. The van der Waals surface area contributed by atoms with Crippen molar-refractivity contribution in [1.29, 1.82) is 0 Å². The van der Waals surface area contributed by atoms with E-state index in [4.69, 9.17) is 10.2 Å². The number of carbonyl (C=O) groups is 2. The highest BCUT2D eigenvalue weighted by atomic mass is 16.6. The summed E-state index contributed by atoms with van der Waals surface area (Å²) in [7, 11) is 0. The summed E-state index contributed by atoms with van der Waals surface area (Å²) < 4.78 is 0. The Morgan fingerprint density at radius 2 is 1.17 bits per heavy atom. The molecule has 0 aliphatic heterocycles. The Morgan fingerprint density at radius 3 is 1.52 bits per heavy atom. The summed E-state index contributed by atoms with van der Waals surface area (Å²) in [6.07, 6.45) is 11.3. The van der Waals surface area contributed by atoms with Crippen LogP contribution in [0.5, 0.6) is 0 Å². The fourth-order valence-corrected chi connectivity index (χ4v) is 2.52. The monoisotopic (exact) mass is 331 g/mol. The average molecular weight is 331 g/mol. The van der Waals surface area contributed by atoms with Crippen molar-refractivity contribution < 1.29 is 24.7 Å². The van der Waals surface area contributed by atoms with Gasteiger partial charge in [-0.15, -0.1) is 0 Å². The number of carboxylic acid groups (broad SMARTS) is 2. The van der Waals surface area contributed by atoms with Gasteiger partial charge < -0.3 is 10.2 Å². The lowest BCUT2D eigenvalue weighted by atomic mass is 10.0. The molecule has 0 spiro atoms. The first kappa shape index (κ1) is 21.3. The summed E-state index contributed by atoms with van der Waals surface area (Å²) in [5, 5.41) is 27.7. The van der Waals surface area contributed by atoms with Crippen molar-refractivity contribution in [2.24, 2.45) is 0 Å². The Hall–Kier alpha value is -1.66. The van der Waals surface area contributed by atoms with Gasteiger partial charge in [0.1, 0.15) is 0 Å². The van der Waals surface area contributed by atoms with Gasteiger partial charge in [0.25, 0.3) is 0 Å². The van der Waals surface area contributed by atoms with Crippen molar-refractivity contribution in [3.63, 3.8) is 0 Å². The quantitative estimate of drug-likeness (QED) is 0.252. The van der Waals surface area contributed by atoms with Gasteiger partial charge in [0.05, 0.1) is 0 Å². The summed E-state index contributed by atoms with van der Waals surface area (Å²) >= 11 is 0. The molecule has 2 N–H and O–H groups in total. The molecule has 1 atom stereocenters. The summed E-state index contributed by atoms with van der Waals surface area (Å²) in [6, 6.07) is -1.46. The predicted molar refractivity (Wildman–Crippen MR) is 86.1 cm³/mol. The molecule has 0 amide bonds.